The quantitative estimate of drug-likeness (QED) is 0.871. The summed E-state index contributed by atoms with van der Waals surface area (Å²) in [5.41, 5.74) is 0.535. The number of aliphatic hydroxyl groups excluding tert-OH is 1. The lowest BCUT2D eigenvalue weighted by atomic mass is 9.92. The first-order valence-electron chi connectivity index (χ1n) is 8.25. The number of carbonyl (C=O) groups excluding carboxylic acids is 1. The van der Waals surface area contributed by atoms with Crippen molar-refractivity contribution in [1.29, 1.82) is 0 Å². The van der Waals surface area contributed by atoms with Gasteiger partial charge in [0.2, 0.25) is 0 Å². The van der Waals surface area contributed by atoms with E-state index in [1.54, 1.807) is 24.5 Å². The van der Waals surface area contributed by atoms with Gasteiger partial charge in [-0.05, 0) is 44.2 Å². The number of aliphatic hydroxyl groups is 1. The fourth-order valence-electron chi connectivity index (χ4n) is 3.13. The van der Waals surface area contributed by atoms with Gasteiger partial charge in [-0.2, -0.15) is 0 Å². The molecule has 2 atom stereocenters. The minimum absolute atomic E-state index is 0.0696. The van der Waals surface area contributed by atoms with Gasteiger partial charge in [-0.3, -0.25) is 14.7 Å². The molecule has 6 heteroatoms. The van der Waals surface area contributed by atoms with E-state index in [0.29, 0.717) is 18.7 Å². The van der Waals surface area contributed by atoms with E-state index in [2.05, 4.69) is 15.2 Å². The highest BCUT2D eigenvalue weighted by atomic mass is 16.3. The van der Waals surface area contributed by atoms with E-state index in [-0.39, 0.29) is 24.5 Å². The summed E-state index contributed by atoms with van der Waals surface area (Å²) in [5.74, 6) is 1.74. The number of carbonyl (C=O) groups is 1. The van der Waals surface area contributed by atoms with Crippen LogP contribution in [0, 0.1) is 12.8 Å². The van der Waals surface area contributed by atoms with E-state index in [0.717, 1.165) is 24.5 Å². The van der Waals surface area contributed by atoms with E-state index in [1.807, 2.05) is 19.1 Å². The molecule has 1 amide bonds. The number of nitrogens with one attached hydrogen (secondary N) is 1. The normalized spacial score (nSPS) is 21.6. The maximum Gasteiger partial charge on any atom is 0.253 e. The molecule has 6 nitrogen and oxygen atoms in total. The van der Waals surface area contributed by atoms with Gasteiger partial charge in [0.05, 0.1) is 12.1 Å². The molecule has 1 aliphatic rings. The van der Waals surface area contributed by atoms with Crippen LogP contribution in [0.25, 0.3) is 0 Å². The lowest BCUT2D eigenvalue weighted by Crippen LogP contribution is -2.53. The van der Waals surface area contributed by atoms with Crippen LogP contribution in [0.2, 0.25) is 0 Å². The molecular weight excluding hydrogens is 306 g/mol. The van der Waals surface area contributed by atoms with Crippen LogP contribution in [0.15, 0.2) is 41.1 Å². The maximum atomic E-state index is 12.4. The molecule has 0 bridgehead atoms. The van der Waals surface area contributed by atoms with Crippen molar-refractivity contribution in [3.05, 3.63) is 53.7 Å². The Morgan fingerprint density at radius 1 is 1.46 bits per heavy atom. The molecule has 2 N–H and O–H groups in total. The molecule has 3 heterocycles. The number of amides is 1. The van der Waals surface area contributed by atoms with Crippen molar-refractivity contribution in [3.8, 4) is 0 Å². The molecule has 0 aromatic carbocycles. The van der Waals surface area contributed by atoms with Crippen molar-refractivity contribution < 1.29 is 14.3 Å². The number of hydrogen-bond acceptors (Lipinski definition) is 5. The molecule has 0 unspecified atom stereocenters. The first kappa shape index (κ1) is 16.7. The largest absolute Gasteiger partial charge is 0.465 e. The van der Waals surface area contributed by atoms with Gasteiger partial charge < -0.3 is 14.8 Å². The monoisotopic (exact) mass is 329 g/mol. The standard InChI is InChI=1S/C18H23N3O3/c1-13-4-5-16(24-13)10-21-8-6-15(12-22)17(11-21)20-18(23)14-3-2-7-19-9-14/h2-5,7,9,15,17,22H,6,8,10-12H2,1H3,(H,20,23)/t15-,17-/m1/s1. The molecule has 128 valence electrons. The van der Waals surface area contributed by atoms with Crippen LogP contribution in [-0.2, 0) is 6.54 Å². The summed E-state index contributed by atoms with van der Waals surface area (Å²) in [7, 11) is 0. The number of aryl methyl sites for hydroxylation is 1. The lowest BCUT2D eigenvalue weighted by molar-refractivity contribution is 0.0712. The highest BCUT2D eigenvalue weighted by Gasteiger charge is 2.30. The van der Waals surface area contributed by atoms with Crippen molar-refractivity contribution in [2.45, 2.75) is 25.9 Å². The smallest absolute Gasteiger partial charge is 0.253 e. The zero-order chi connectivity index (χ0) is 16.9. The Morgan fingerprint density at radius 3 is 3.00 bits per heavy atom. The second-order valence-corrected chi connectivity index (χ2v) is 6.30. The third kappa shape index (κ3) is 4.01. The molecule has 0 saturated carbocycles. The van der Waals surface area contributed by atoms with Crippen LogP contribution in [0.5, 0.6) is 0 Å². The molecule has 0 aliphatic carbocycles. The number of nitrogens with zero attached hydrogens (tertiary/aromatic N) is 2. The molecule has 3 rings (SSSR count). The van der Waals surface area contributed by atoms with Crippen LogP contribution < -0.4 is 5.32 Å². The fraction of sp³-hybridized carbons (Fsp3) is 0.444. The molecular formula is C18H23N3O3. The third-order valence-electron chi connectivity index (χ3n) is 4.49. The molecule has 1 aliphatic heterocycles. The van der Waals surface area contributed by atoms with E-state index >= 15 is 0 Å². The number of rotatable bonds is 5. The molecule has 2 aromatic rings. The number of pyridine rings is 1. The predicted octanol–water partition coefficient (Wildman–Crippen LogP) is 1.60. The zero-order valence-corrected chi connectivity index (χ0v) is 13.8. The Balaban J connectivity index is 1.64. The molecule has 24 heavy (non-hydrogen) atoms. The average Bonchev–Trinajstić information content (AvgIpc) is 3.01. The van der Waals surface area contributed by atoms with E-state index < -0.39 is 0 Å². The topological polar surface area (TPSA) is 78.6 Å². The lowest BCUT2D eigenvalue weighted by Gasteiger charge is -2.37. The molecule has 2 aromatic heterocycles. The Hall–Kier alpha value is -2.18. The first-order valence-corrected chi connectivity index (χ1v) is 8.25. The average molecular weight is 329 g/mol. The number of aromatic nitrogens is 1. The van der Waals surface area contributed by atoms with Crippen molar-refractivity contribution in [3.63, 3.8) is 0 Å². The molecule has 1 fully saturated rings. The zero-order valence-electron chi connectivity index (χ0n) is 13.8. The van der Waals surface area contributed by atoms with Crippen LogP contribution >= 0.6 is 0 Å². The van der Waals surface area contributed by atoms with E-state index in [1.165, 1.54) is 0 Å². The second kappa shape index (κ2) is 7.59. The highest BCUT2D eigenvalue weighted by molar-refractivity contribution is 5.94. The van der Waals surface area contributed by atoms with Gasteiger partial charge >= 0.3 is 0 Å². The predicted molar refractivity (Wildman–Crippen MR) is 89.4 cm³/mol. The summed E-state index contributed by atoms with van der Waals surface area (Å²) >= 11 is 0. The number of hydrogen-bond donors (Lipinski definition) is 2. The van der Waals surface area contributed by atoms with Gasteiger partial charge in [-0.1, -0.05) is 0 Å². The van der Waals surface area contributed by atoms with E-state index in [9.17, 15) is 9.90 Å². The maximum absolute atomic E-state index is 12.4. The van der Waals surface area contributed by atoms with Gasteiger partial charge in [0.15, 0.2) is 0 Å². The van der Waals surface area contributed by atoms with Crippen LogP contribution in [0.3, 0.4) is 0 Å². The first-order chi connectivity index (χ1) is 11.7. The Bertz CT molecular complexity index is 671. The van der Waals surface area contributed by atoms with Crippen molar-refractivity contribution in [1.82, 2.24) is 15.2 Å². The number of furan rings is 1. The van der Waals surface area contributed by atoms with Crippen molar-refractivity contribution >= 4 is 5.91 Å². The second-order valence-electron chi connectivity index (χ2n) is 6.30. The summed E-state index contributed by atoms with van der Waals surface area (Å²) < 4.78 is 5.64. The third-order valence-corrected chi connectivity index (χ3v) is 4.49. The van der Waals surface area contributed by atoms with E-state index in [4.69, 9.17) is 4.42 Å². The Labute approximate surface area is 141 Å². The number of piperidine rings is 1. The van der Waals surface area contributed by atoms with Gasteiger partial charge in [-0.15, -0.1) is 0 Å². The summed E-state index contributed by atoms with van der Waals surface area (Å²) in [6, 6.07) is 7.33. The van der Waals surface area contributed by atoms with Crippen LogP contribution in [-0.4, -0.2) is 46.6 Å². The molecule has 0 spiro atoms. The number of likely N-dealkylation sites (tertiary alicyclic amines) is 1. The SMILES string of the molecule is Cc1ccc(CN2CC[C@H](CO)[C@H](NC(=O)c3cccnc3)C2)o1. The minimum atomic E-state index is -0.151. The van der Waals surface area contributed by atoms with Crippen LogP contribution in [0.4, 0.5) is 0 Å². The van der Waals surface area contributed by atoms with Gasteiger partial charge in [0, 0.05) is 37.5 Å². The fourth-order valence-corrected chi connectivity index (χ4v) is 3.13. The van der Waals surface area contributed by atoms with Crippen molar-refractivity contribution in [2.24, 2.45) is 5.92 Å². The highest BCUT2D eigenvalue weighted by Crippen LogP contribution is 2.20. The Morgan fingerprint density at radius 2 is 2.33 bits per heavy atom. The summed E-state index contributed by atoms with van der Waals surface area (Å²) in [4.78, 5) is 18.6. The minimum Gasteiger partial charge on any atom is -0.465 e. The summed E-state index contributed by atoms with van der Waals surface area (Å²) in [6.07, 6.45) is 4.03. The molecule has 1 saturated heterocycles. The van der Waals surface area contributed by atoms with Gasteiger partial charge in [0.1, 0.15) is 11.5 Å². The van der Waals surface area contributed by atoms with Gasteiger partial charge in [-0.25, -0.2) is 0 Å². The van der Waals surface area contributed by atoms with Gasteiger partial charge in [0.25, 0.3) is 5.91 Å². The van der Waals surface area contributed by atoms with Crippen LogP contribution in [0.1, 0.15) is 28.3 Å². The Kier molecular flexibility index (Phi) is 5.27. The summed E-state index contributed by atoms with van der Waals surface area (Å²) in [5, 5.41) is 12.7. The molecule has 0 radical (unpaired) electrons. The van der Waals surface area contributed by atoms with Crippen molar-refractivity contribution in [2.75, 3.05) is 19.7 Å². The summed E-state index contributed by atoms with van der Waals surface area (Å²) in [6.45, 7) is 4.29.